The standard InChI is InChI=1S/C26H23N3O3/c1-18-5-3-7-22(13-18)28-25(30)17-32-24-11-9-20(10-12-24)15-21(16-27)26(31)29-23-8-4-6-19(2)14-23/h3-15H,17H2,1-2H3,(H,28,30)(H,29,31)/b21-15+. The maximum atomic E-state index is 12.4. The molecule has 0 spiro atoms. The van der Waals surface area contributed by atoms with E-state index in [1.165, 1.54) is 6.08 Å². The molecule has 0 aliphatic carbocycles. The second kappa shape index (κ2) is 10.6. The Bertz CT molecular complexity index is 1190. The van der Waals surface area contributed by atoms with Gasteiger partial charge in [0.05, 0.1) is 0 Å². The Balaban J connectivity index is 1.57. The highest BCUT2D eigenvalue weighted by Gasteiger charge is 2.10. The van der Waals surface area contributed by atoms with Gasteiger partial charge in [-0.3, -0.25) is 9.59 Å². The molecule has 0 aliphatic heterocycles. The van der Waals surface area contributed by atoms with Crippen molar-refractivity contribution in [3.8, 4) is 11.8 Å². The van der Waals surface area contributed by atoms with Crippen LogP contribution in [0.2, 0.25) is 0 Å². The number of benzene rings is 3. The highest BCUT2D eigenvalue weighted by atomic mass is 16.5. The van der Waals surface area contributed by atoms with E-state index in [-0.39, 0.29) is 18.1 Å². The molecule has 0 atom stereocenters. The van der Waals surface area contributed by atoms with Crippen molar-refractivity contribution in [2.75, 3.05) is 17.2 Å². The quantitative estimate of drug-likeness (QED) is 0.417. The third-order valence-electron chi connectivity index (χ3n) is 4.50. The molecule has 6 nitrogen and oxygen atoms in total. The maximum Gasteiger partial charge on any atom is 0.266 e. The summed E-state index contributed by atoms with van der Waals surface area (Å²) in [5, 5.41) is 14.9. The molecule has 0 saturated heterocycles. The minimum atomic E-state index is -0.480. The summed E-state index contributed by atoms with van der Waals surface area (Å²) >= 11 is 0. The number of hydrogen-bond donors (Lipinski definition) is 2. The number of nitrogens with one attached hydrogen (secondary N) is 2. The first-order valence-corrected chi connectivity index (χ1v) is 10.0. The Morgan fingerprint density at radius 2 is 1.50 bits per heavy atom. The largest absolute Gasteiger partial charge is 0.484 e. The van der Waals surface area contributed by atoms with Crippen LogP contribution in [0.3, 0.4) is 0 Å². The topological polar surface area (TPSA) is 91.2 Å². The number of aryl methyl sites for hydroxylation is 2. The minimum absolute atomic E-state index is 0.0160. The van der Waals surface area contributed by atoms with Crippen LogP contribution >= 0.6 is 0 Å². The Labute approximate surface area is 187 Å². The van der Waals surface area contributed by atoms with E-state index in [4.69, 9.17) is 4.74 Å². The fourth-order valence-corrected chi connectivity index (χ4v) is 2.97. The molecule has 0 saturated carbocycles. The molecule has 3 rings (SSSR count). The molecule has 0 bridgehead atoms. The van der Waals surface area contributed by atoms with Crippen LogP contribution in [0.15, 0.2) is 78.4 Å². The van der Waals surface area contributed by atoms with Crippen molar-refractivity contribution in [2.24, 2.45) is 0 Å². The Morgan fingerprint density at radius 1 is 0.906 bits per heavy atom. The minimum Gasteiger partial charge on any atom is -0.484 e. The first-order chi connectivity index (χ1) is 15.4. The first kappa shape index (κ1) is 22.3. The number of nitrogens with zero attached hydrogens (tertiary/aromatic N) is 1. The number of amides is 2. The second-order valence-corrected chi connectivity index (χ2v) is 7.27. The van der Waals surface area contributed by atoms with Gasteiger partial charge in [-0.05, 0) is 73.0 Å². The van der Waals surface area contributed by atoms with Crippen LogP contribution in [0.4, 0.5) is 11.4 Å². The van der Waals surface area contributed by atoms with Crippen molar-refractivity contribution >= 4 is 29.3 Å². The number of hydrogen-bond acceptors (Lipinski definition) is 4. The van der Waals surface area contributed by atoms with Crippen LogP contribution in [0, 0.1) is 25.2 Å². The van der Waals surface area contributed by atoms with Gasteiger partial charge >= 0.3 is 0 Å². The lowest BCUT2D eigenvalue weighted by Gasteiger charge is -2.08. The van der Waals surface area contributed by atoms with Gasteiger partial charge in [0.25, 0.3) is 11.8 Å². The monoisotopic (exact) mass is 425 g/mol. The van der Waals surface area contributed by atoms with Crippen LogP contribution in [0.5, 0.6) is 5.75 Å². The Hall–Kier alpha value is -4.37. The van der Waals surface area contributed by atoms with Gasteiger partial charge in [0, 0.05) is 11.4 Å². The van der Waals surface area contributed by atoms with Gasteiger partial charge in [-0.15, -0.1) is 0 Å². The van der Waals surface area contributed by atoms with Gasteiger partial charge in [0.1, 0.15) is 17.4 Å². The average molecular weight is 425 g/mol. The van der Waals surface area contributed by atoms with E-state index < -0.39 is 5.91 Å². The summed E-state index contributed by atoms with van der Waals surface area (Å²) in [5.41, 5.74) is 4.05. The van der Waals surface area contributed by atoms with E-state index in [0.29, 0.717) is 22.7 Å². The van der Waals surface area contributed by atoms with Crippen LogP contribution in [0.25, 0.3) is 6.08 Å². The summed E-state index contributed by atoms with van der Waals surface area (Å²) < 4.78 is 5.52. The summed E-state index contributed by atoms with van der Waals surface area (Å²) in [6.45, 7) is 3.74. The number of carbonyl (C=O) groups excluding carboxylic acids is 2. The molecule has 6 heteroatoms. The first-order valence-electron chi connectivity index (χ1n) is 10.0. The van der Waals surface area contributed by atoms with Gasteiger partial charge in [-0.25, -0.2) is 0 Å². The van der Waals surface area contributed by atoms with Crippen LogP contribution in [-0.2, 0) is 9.59 Å². The molecule has 3 aromatic rings. The van der Waals surface area contributed by atoms with Gasteiger partial charge in [-0.1, -0.05) is 36.4 Å². The molecule has 32 heavy (non-hydrogen) atoms. The molecule has 2 N–H and O–H groups in total. The summed E-state index contributed by atoms with van der Waals surface area (Å²) in [5.74, 6) is -0.241. The fraction of sp³-hybridized carbons (Fsp3) is 0.115. The van der Waals surface area contributed by atoms with Gasteiger partial charge in [-0.2, -0.15) is 5.26 Å². The lowest BCUT2D eigenvalue weighted by molar-refractivity contribution is -0.118. The van der Waals surface area contributed by atoms with E-state index in [2.05, 4.69) is 10.6 Å². The summed E-state index contributed by atoms with van der Waals surface area (Å²) in [4.78, 5) is 24.5. The van der Waals surface area contributed by atoms with Crippen LogP contribution in [0.1, 0.15) is 16.7 Å². The molecule has 0 unspecified atom stereocenters. The van der Waals surface area contributed by atoms with Crippen LogP contribution < -0.4 is 15.4 Å². The number of ether oxygens (including phenoxy) is 1. The summed E-state index contributed by atoms with van der Waals surface area (Å²) in [6, 6.07) is 23.6. The third-order valence-corrected chi connectivity index (χ3v) is 4.50. The zero-order chi connectivity index (χ0) is 22.9. The molecule has 3 aromatic carbocycles. The lowest BCUT2D eigenvalue weighted by atomic mass is 10.1. The molecule has 0 radical (unpaired) electrons. The maximum absolute atomic E-state index is 12.4. The molecule has 0 heterocycles. The highest BCUT2D eigenvalue weighted by Crippen LogP contribution is 2.17. The molecule has 160 valence electrons. The van der Waals surface area contributed by atoms with Crippen molar-refractivity contribution in [1.29, 1.82) is 5.26 Å². The third kappa shape index (κ3) is 6.57. The fourth-order valence-electron chi connectivity index (χ4n) is 2.97. The summed E-state index contributed by atoms with van der Waals surface area (Å²) in [6.07, 6.45) is 1.50. The van der Waals surface area contributed by atoms with Gasteiger partial charge in [0.2, 0.25) is 0 Å². The predicted molar refractivity (Wildman–Crippen MR) is 125 cm³/mol. The molecule has 0 aromatic heterocycles. The Morgan fingerprint density at radius 3 is 2.06 bits per heavy atom. The number of anilines is 2. The van der Waals surface area contributed by atoms with Crippen molar-refractivity contribution in [3.63, 3.8) is 0 Å². The van der Waals surface area contributed by atoms with Gasteiger partial charge in [0.15, 0.2) is 6.61 Å². The predicted octanol–water partition coefficient (Wildman–Crippen LogP) is 4.87. The second-order valence-electron chi connectivity index (χ2n) is 7.27. The van der Waals surface area contributed by atoms with Gasteiger partial charge < -0.3 is 15.4 Å². The van der Waals surface area contributed by atoms with Crippen molar-refractivity contribution in [3.05, 3.63) is 95.1 Å². The molecule has 0 aliphatic rings. The molecule has 2 amide bonds. The normalized spacial score (nSPS) is 10.7. The van der Waals surface area contributed by atoms with E-state index >= 15 is 0 Å². The molecular formula is C26H23N3O3. The SMILES string of the molecule is Cc1cccc(NC(=O)COc2ccc(/C=C(\C#N)C(=O)Nc3cccc(C)c3)cc2)c1. The van der Waals surface area contributed by atoms with Crippen LogP contribution in [-0.4, -0.2) is 18.4 Å². The number of carbonyl (C=O) groups is 2. The van der Waals surface area contributed by atoms with E-state index in [1.807, 2.05) is 62.4 Å². The zero-order valence-corrected chi connectivity index (χ0v) is 17.9. The molecule has 0 fully saturated rings. The van der Waals surface area contributed by atoms with Crippen molar-refractivity contribution in [1.82, 2.24) is 0 Å². The van der Waals surface area contributed by atoms with E-state index in [1.54, 1.807) is 30.3 Å². The summed E-state index contributed by atoms with van der Waals surface area (Å²) in [7, 11) is 0. The highest BCUT2D eigenvalue weighted by molar-refractivity contribution is 6.09. The average Bonchev–Trinajstić information content (AvgIpc) is 2.77. The Kier molecular flexibility index (Phi) is 7.39. The number of rotatable bonds is 7. The van der Waals surface area contributed by atoms with E-state index in [0.717, 1.165) is 11.1 Å². The smallest absolute Gasteiger partial charge is 0.266 e. The van der Waals surface area contributed by atoms with E-state index in [9.17, 15) is 14.9 Å². The molecular weight excluding hydrogens is 402 g/mol. The lowest BCUT2D eigenvalue weighted by Crippen LogP contribution is -2.20. The van der Waals surface area contributed by atoms with Crippen molar-refractivity contribution in [2.45, 2.75) is 13.8 Å². The zero-order valence-electron chi connectivity index (χ0n) is 17.9. The van der Waals surface area contributed by atoms with Crippen molar-refractivity contribution < 1.29 is 14.3 Å². The number of nitriles is 1.